The molecule has 2 fully saturated rings. The third kappa shape index (κ3) is 7.44. The van der Waals surface area contributed by atoms with Crippen LogP contribution in [0.4, 0.5) is 0 Å². The molecule has 0 aliphatic carbocycles. The smallest absolute Gasteiger partial charge is 0.390 e. The number of aromatic amines is 1. The number of nitrogens with zero attached hydrogens (tertiary/aromatic N) is 1. The Hall–Kier alpha value is -1.79. The summed E-state index contributed by atoms with van der Waals surface area (Å²) in [6.07, 6.45) is -9.29. The predicted octanol–water partition coefficient (Wildman–Crippen LogP) is -2.28. The number of aliphatic hydroxyl groups is 3. The third-order valence-corrected chi connectivity index (χ3v) is 8.33. The Balaban J connectivity index is 1.58. The zero-order valence-corrected chi connectivity index (χ0v) is 22.1. The van der Waals surface area contributed by atoms with Gasteiger partial charge in [0.2, 0.25) is 5.91 Å². The molecule has 0 bridgehead atoms. The van der Waals surface area contributed by atoms with Crippen molar-refractivity contribution in [3.8, 4) is 0 Å². The second kappa shape index (κ2) is 11.8. The molecule has 38 heavy (non-hydrogen) atoms. The topological polar surface area (TPSA) is 265 Å². The number of carbonyl (C=O) groups excluding carboxylic acids is 1. The van der Waals surface area contributed by atoms with E-state index in [-0.39, 0.29) is 12.0 Å². The highest BCUT2D eigenvalue weighted by Crippen LogP contribution is 2.61. The first kappa shape index (κ1) is 30.7. The van der Waals surface area contributed by atoms with Gasteiger partial charge in [0.05, 0.1) is 24.9 Å². The molecular formula is C18H29N3O15P2. The van der Waals surface area contributed by atoms with Gasteiger partial charge in [0.25, 0.3) is 5.56 Å². The van der Waals surface area contributed by atoms with Gasteiger partial charge in [0, 0.05) is 25.1 Å². The first-order chi connectivity index (χ1) is 17.5. The molecule has 2 aliphatic heterocycles. The third-order valence-electron chi connectivity index (χ3n) is 5.73. The molecule has 2 saturated heterocycles. The second-order valence-corrected chi connectivity index (χ2v) is 11.7. The number of ether oxygens (including phenoxy) is 2. The number of amides is 1. The molecule has 2 aliphatic rings. The van der Waals surface area contributed by atoms with Gasteiger partial charge in [-0.1, -0.05) is 0 Å². The van der Waals surface area contributed by atoms with E-state index in [4.69, 9.17) is 9.47 Å². The molecule has 0 saturated carbocycles. The van der Waals surface area contributed by atoms with Crippen LogP contribution < -0.4 is 16.6 Å². The Labute approximate surface area is 214 Å². The Morgan fingerprint density at radius 1 is 1.18 bits per heavy atom. The fraction of sp³-hybridized carbons (Fsp3) is 0.722. The molecule has 0 aromatic carbocycles. The predicted molar refractivity (Wildman–Crippen MR) is 122 cm³/mol. The van der Waals surface area contributed by atoms with E-state index in [0.717, 1.165) is 11.5 Å². The lowest BCUT2D eigenvalue weighted by molar-refractivity contribution is -0.246. The maximum atomic E-state index is 12.3. The fourth-order valence-electron chi connectivity index (χ4n) is 3.86. The molecule has 3 rings (SSSR count). The standard InChI is InChI=1S/C18H29N3O15P2/c1-7-5-21(18(27)20-16(7)26)12-4-10(23)11(34-12)6-32-37(28,29)36-38(30,31)35-17-15(25)14(24)13(8(2)33-17)19-9(3)22/h5,8,10-15,17,23-25H,4,6H2,1-3H3,(H,19,22)(H,28,29)(H,30,31)(H,20,26,27)/t8-,10?,11?,12?,13?,14+,15-,17?/m1/s1. The van der Waals surface area contributed by atoms with Crippen molar-refractivity contribution in [3.05, 3.63) is 32.6 Å². The van der Waals surface area contributed by atoms with Gasteiger partial charge in [-0.15, -0.1) is 0 Å². The van der Waals surface area contributed by atoms with E-state index in [2.05, 4.69) is 23.7 Å². The van der Waals surface area contributed by atoms with Crippen LogP contribution in [0.1, 0.15) is 32.1 Å². The average molecular weight is 589 g/mol. The molecule has 1 amide bonds. The van der Waals surface area contributed by atoms with Crippen LogP contribution in [0.2, 0.25) is 0 Å². The van der Waals surface area contributed by atoms with Gasteiger partial charge in [-0.2, -0.15) is 4.31 Å². The minimum absolute atomic E-state index is 0.158. The summed E-state index contributed by atoms with van der Waals surface area (Å²) >= 11 is 0. The van der Waals surface area contributed by atoms with Gasteiger partial charge in [0.15, 0.2) is 6.29 Å². The van der Waals surface area contributed by atoms with Crippen LogP contribution in [-0.2, 0) is 36.8 Å². The monoisotopic (exact) mass is 589 g/mol. The zero-order valence-electron chi connectivity index (χ0n) is 20.3. The summed E-state index contributed by atoms with van der Waals surface area (Å²) in [7, 11) is -10.8. The molecule has 20 heteroatoms. The van der Waals surface area contributed by atoms with Crippen LogP contribution in [0.3, 0.4) is 0 Å². The van der Waals surface area contributed by atoms with Crippen LogP contribution >= 0.6 is 15.6 Å². The Bertz CT molecular complexity index is 1240. The molecule has 7 N–H and O–H groups in total. The number of phosphoric ester groups is 2. The molecule has 3 heterocycles. The largest absolute Gasteiger partial charge is 0.483 e. The van der Waals surface area contributed by atoms with Crippen molar-refractivity contribution < 1.29 is 61.9 Å². The summed E-state index contributed by atoms with van der Waals surface area (Å²) in [5.41, 5.74) is -1.24. The summed E-state index contributed by atoms with van der Waals surface area (Å²) in [5.74, 6) is -0.547. The number of aromatic nitrogens is 2. The minimum atomic E-state index is -5.48. The summed E-state index contributed by atoms with van der Waals surface area (Å²) in [6.45, 7) is 3.12. The number of rotatable bonds is 9. The molecule has 1 aromatic rings. The SMILES string of the molecule is CC(=O)NC1[C@@H](C)OC(OP(=O)(O)OP(=O)(O)OCC2OC(n3cc(C)c(=O)[nH]c3=O)CC2O)[C@H](O)[C@H]1O. The van der Waals surface area contributed by atoms with Gasteiger partial charge < -0.3 is 39.9 Å². The lowest BCUT2D eigenvalue weighted by Gasteiger charge is -2.41. The van der Waals surface area contributed by atoms with E-state index in [1.807, 2.05) is 0 Å². The number of hydrogen-bond donors (Lipinski definition) is 7. The van der Waals surface area contributed by atoms with Crippen LogP contribution in [0, 0.1) is 6.92 Å². The van der Waals surface area contributed by atoms with E-state index in [9.17, 15) is 48.6 Å². The van der Waals surface area contributed by atoms with Crippen LogP contribution in [0.15, 0.2) is 15.8 Å². The van der Waals surface area contributed by atoms with Gasteiger partial charge in [-0.05, 0) is 13.8 Å². The molecule has 7 unspecified atom stereocenters. The van der Waals surface area contributed by atoms with Crippen molar-refractivity contribution in [1.82, 2.24) is 14.9 Å². The zero-order chi connectivity index (χ0) is 28.6. The molecule has 1 aromatic heterocycles. The fourth-order valence-corrected chi connectivity index (χ4v) is 6.02. The van der Waals surface area contributed by atoms with Gasteiger partial charge in [-0.25, -0.2) is 13.9 Å². The Morgan fingerprint density at radius 2 is 1.84 bits per heavy atom. The van der Waals surface area contributed by atoms with Gasteiger partial charge >= 0.3 is 21.3 Å². The Kier molecular flexibility index (Phi) is 9.51. The average Bonchev–Trinajstić information content (AvgIpc) is 3.15. The molecule has 18 nitrogen and oxygen atoms in total. The van der Waals surface area contributed by atoms with Crippen LogP contribution in [-0.4, -0.2) is 90.0 Å². The molecule has 216 valence electrons. The quantitative estimate of drug-likeness (QED) is 0.150. The van der Waals surface area contributed by atoms with E-state index < -0.39 is 88.5 Å². The van der Waals surface area contributed by atoms with Crippen molar-refractivity contribution in [2.24, 2.45) is 0 Å². The number of H-pyrrole nitrogens is 1. The van der Waals surface area contributed by atoms with Crippen molar-refractivity contribution >= 4 is 21.6 Å². The maximum Gasteiger partial charge on any atom is 0.483 e. The summed E-state index contributed by atoms with van der Waals surface area (Å²) in [5, 5.41) is 32.9. The molecule has 0 spiro atoms. The highest BCUT2D eigenvalue weighted by atomic mass is 31.3. The van der Waals surface area contributed by atoms with Crippen molar-refractivity contribution in [2.75, 3.05) is 6.61 Å². The van der Waals surface area contributed by atoms with Crippen LogP contribution in [0.25, 0.3) is 0 Å². The normalized spacial score (nSPS) is 34.8. The van der Waals surface area contributed by atoms with Gasteiger partial charge in [0.1, 0.15) is 24.5 Å². The first-order valence-corrected chi connectivity index (χ1v) is 14.1. The van der Waals surface area contributed by atoms with Crippen molar-refractivity contribution in [3.63, 3.8) is 0 Å². The number of aliphatic hydroxyl groups excluding tert-OH is 3. The number of nitrogens with one attached hydrogen (secondary N) is 2. The van der Waals surface area contributed by atoms with Crippen LogP contribution in [0.5, 0.6) is 0 Å². The first-order valence-electron chi connectivity index (χ1n) is 11.1. The molecule has 0 radical (unpaired) electrons. The van der Waals surface area contributed by atoms with E-state index in [1.165, 1.54) is 20.0 Å². The number of carbonyl (C=O) groups is 1. The maximum absolute atomic E-state index is 12.3. The number of aryl methyl sites for hydroxylation is 1. The van der Waals surface area contributed by atoms with E-state index >= 15 is 0 Å². The lowest BCUT2D eigenvalue weighted by Crippen LogP contribution is -2.62. The highest BCUT2D eigenvalue weighted by molar-refractivity contribution is 7.61. The van der Waals surface area contributed by atoms with Gasteiger partial charge in [-0.3, -0.25) is 28.2 Å². The van der Waals surface area contributed by atoms with E-state index in [1.54, 1.807) is 0 Å². The summed E-state index contributed by atoms with van der Waals surface area (Å²) < 4.78 is 49.7. The summed E-state index contributed by atoms with van der Waals surface area (Å²) in [6, 6.07) is -1.09. The second-order valence-electron chi connectivity index (χ2n) is 8.75. The Morgan fingerprint density at radius 3 is 2.47 bits per heavy atom. The van der Waals surface area contributed by atoms with Crippen molar-refractivity contribution in [1.29, 1.82) is 0 Å². The number of hydrogen-bond acceptors (Lipinski definition) is 13. The summed E-state index contributed by atoms with van der Waals surface area (Å²) in [4.78, 5) is 56.7. The lowest BCUT2D eigenvalue weighted by atomic mass is 9.97. The molecular weight excluding hydrogens is 560 g/mol. The minimum Gasteiger partial charge on any atom is -0.390 e. The highest BCUT2D eigenvalue weighted by Gasteiger charge is 2.48. The van der Waals surface area contributed by atoms with E-state index in [0.29, 0.717) is 0 Å². The molecule has 10 atom stereocenters. The number of phosphoric acid groups is 2. The van der Waals surface area contributed by atoms with Crippen molar-refractivity contribution in [2.45, 2.75) is 76.3 Å².